The molecule has 7 rings (SSSR count). The van der Waals surface area contributed by atoms with Crippen molar-refractivity contribution in [3.63, 3.8) is 0 Å². The van der Waals surface area contributed by atoms with Gasteiger partial charge in [-0.25, -0.2) is 4.40 Å². The first-order chi connectivity index (χ1) is 16.9. The maximum absolute atomic E-state index is 4.48. The summed E-state index contributed by atoms with van der Waals surface area (Å²) in [4.78, 5) is 0. The zero-order valence-electron chi connectivity index (χ0n) is 20.7. The molecule has 0 aliphatic carbocycles. The molecule has 0 N–H and O–H groups in total. The molecule has 0 aliphatic heterocycles. The first-order valence-corrected chi connectivity index (χ1v) is 12.3. The van der Waals surface area contributed by atoms with Crippen molar-refractivity contribution >= 4 is 48.9 Å². The van der Waals surface area contributed by atoms with E-state index in [9.17, 15) is 0 Å². The summed E-state index contributed by atoms with van der Waals surface area (Å²) in [6.45, 7) is 13.7. The molecule has 0 saturated carbocycles. The summed E-state index contributed by atoms with van der Waals surface area (Å²) < 4.78 is 4.53. The second-order valence-electron chi connectivity index (χ2n) is 10.8. The molecular formula is C33H28N2. The molecule has 0 aliphatic rings. The van der Waals surface area contributed by atoms with Crippen molar-refractivity contribution in [2.75, 3.05) is 0 Å². The van der Waals surface area contributed by atoms with E-state index in [0.717, 1.165) is 5.69 Å². The van der Waals surface area contributed by atoms with Crippen LogP contribution in [0.5, 0.6) is 0 Å². The van der Waals surface area contributed by atoms with Crippen molar-refractivity contribution in [1.82, 2.24) is 0 Å². The first kappa shape index (κ1) is 20.3. The van der Waals surface area contributed by atoms with Crippen LogP contribution in [-0.2, 0) is 5.41 Å². The van der Waals surface area contributed by atoms with Crippen molar-refractivity contribution < 1.29 is 8.64 Å². The van der Waals surface area contributed by atoms with Crippen LogP contribution in [0.3, 0.4) is 0 Å². The third kappa shape index (κ3) is 2.60. The third-order valence-corrected chi connectivity index (χ3v) is 7.77. The topological polar surface area (TPSA) is 10.0 Å². The van der Waals surface area contributed by atoms with Gasteiger partial charge in [-0.3, -0.25) is 4.24 Å². The van der Waals surface area contributed by atoms with Gasteiger partial charge in [-0.1, -0.05) is 111 Å². The number of aryl methyl sites for hydroxylation is 1. The molecule has 35 heavy (non-hydrogen) atoms. The van der Waals surface area contributed by atoms with E-state index in [1.165, 1.54) is 65.6 Å². The Morgan fingerprint density at radius 3 is 2.17 bits per heavy atom. The minimum Gasteiger partial charge on any atom is -0.266 e. The lowest BCUT2D eigenvalue weighted by Crippen LogP contribution is -2.25. The van der Waals surface area contributed by atoms with Gasteiger partial charge in [0.25, 0.3) is 0 Å². The molecule has 0 unspecified atom stereocenters. The largest absolute Gasteiger partial charge is 0.266 e. The average Bonchev–Trinajstić information content (AvgIpc) is 3.36. The Balaban J connectivity index is 1.76. The Morgan fingerprint density at radius 2 is 1.40 bits per heavy atom. The zero-order valence-corrected chi connectivity index (χ0v) is 20.7. The first-order valence-electron chi connectivity index (χ1n) is 12.3. The van der Waals surface area contributed by atoms with Crippen LogP contribution in [0.15, 0.2) is 85.1 Å². The Labute approximate surface area is 204 Å². The normalized spacial score (nSPS) is 12.7. The lowest BCUT2D eigenvalue weighted by atomic mass is 9.80. The molecule has 7 aromatic rings. The SMILES string of the molecule is C=[n+]1ccc2c3cccc4c5ccccc5[n+](c43)[c-]2[c-]1-c1cc(C(C)(C)C)c2ccccc2c1C. The van der Waals surface area contributed by atoms with Crippen LogP contribution in [-0.4, -0.2) is 0 Å². The molecule has 0 radical (unpaired) electrons. The molecule has 2 heteroatoms. The number of pyridine rings is 1. The molecule has 4 aromatic carbocycles. The van der Waals surface area contributed by atoms with E-state index < -0.39 is 0 Å². The number of hydrogen-bond donors (Lipinski definition) is 0. The van der Waals surface area contributed by atoms with Crippen molar-refractivity contribution in [3.8, 4) is 11.3 Å². The van der Waals surface area contributed by atoms with Crippen LogP contribution < -0.4 is 8.64 Å². The Kier molecular flexibility index (Phi) is 3.93. The molecule has 3 aromatic heterocycles. The van der Waals surface area contributed by atoms with E-state index in [0.29, 0.717) is 0 Å². The van der Waals surface area contributed by atoms with Gasteiger partial charge >= 0.3 is 0 Å². The smallest absolute Gasteiger partial charge is 0.166 e. The van der Waals surface area contributed by atoms with Gasteiger partial charge < -0.3 is 0 Å². The highest BCUT2D eigenvalue weighted by Gasteiger charge is 2.25. The quantitative estimate of drug-likeness (QED) is 0.181. The van der Waals surface area contributed by atoms with E-state index in [1.54, 1.807) is 0 Å². The summed E-state index contributed by atoms with van der Waals surface area (Å²) in [6.07, 6.45) is 2.12. The molecule has 0 amide bonds. The number of hydrogen-bond acceptors (Lipinski definition) is 0. The number of para-hydroxylation sites is 2. The van der Waals surface area contributed by atoms with Gasteiger partial charge in [0.05, 0.1) is 12.9 Å². The van der Waals surface area contributed by atoms with Crippen molar-refractivity contribution in [1.29, 1.82) is 0 Å². The lowest BCUT2D eigenvalue weighted by molar-refractivity contribution is -0.497. The summed E-state index contributed by atoms with van der Waals surface area (Å²) in [5.41, 5.74) is 8.86. The average molecular weight is 453 g/mol. The van der Waals surface area contributed by atoms with Crippen LogP contribution in [0.2, 0.25) is 0 Å². The summed E-state index contributed by atoms with van der Waals surface area (Å²) in [5.74, 6) is 0. The molecule has 0 bridgehead atoms. The second-order valence-corrected chi connectivity index (χ2v) is 10.8. The van der Waals surface area contributed by atoms with Crippen LogP contribution in [0.25, 0.3) is 60.1 Å². The van der Waals surface area contributed by atoms with Gasteiger partial charge in [0.15, 0.2) is 16.7 Å². The Hall–Kier alpha value is -4.04. The highest BCUT2D eigenvalue weighted by Crippen LogP contribution is 2.40. The molecule has 2 nitrogen and oxygen atoms in total. The van der Waals surface area contributed by atoms with Gasteiger partial charge in [-0.15, -0.1) is 11.6 Å². The lowest BCUT2D eigenvalue weighted by Gasteiger charge is -2.27. The fourth-order valence-electron chi connectivity index (χ4n) is 6.16. The van der Waals surface area contributed by atoms with Gasteiger partial charge in [-0.05, 0) is 27.6 Å². The predicted molar refractivity (Wildman–Crippen MR) is 146 cm³/mol. The standard InChI is InChI=1S/C33H28N2/c1-20-21-11-6-7-12-22(21)28(33(2,3)4)19-27(20)31-32-26(17-18-34(31)5)25-15-10-14-24-23-13-8-9-16-29(23)35(32)30(24)25/h6-19H,5H2,1-4H3. The van der Waals surface area contributed by atoms with Crippen molar-refractivity contribution in [2.45, 2.75) is 33.1 Å². The second kappa shape index (κ2) is 6.76. The fourth-order valence-corrected chi connectivity index (χ4v) is 6.16. The van der Waals surface area contributed by atoms with E-state index in [4.69, 9.17) is 0 Å². The summed E-state index contributed by atoms with van der Waals surface area (Å²) in [5, 5.41) is 7.82. The van der Waals surface area contributed by atoms with E-state index in [1.807, 2.05) is 0 Å². The van der Waals surface area contributed by atoms with Crippen molar-refractivity contribution in [2.24, 2.45) is 0 Å². The minimum absolute atomic E-state index is 0.0163. The molecule has 0 fully saturated rings. The number of benzene rings is 4. The number of aromatic nitrogens is 2. The number of nitrogens with zero attached hydrogens (tertiary/aromatic N) is 2. The van der Waals surface area contributed by atoms with Gasteiger partial charge in [0.2, 0.25) is 0 Å². The van der Waals surface area contributed by atoms with Gasteiger partial charge in [-0.2, -0.15) is 0 Å². The number of fused-ring (bicyclic) bond motifs is 7. The molecule has 170 valence electrons. The monoisotopic (exact) mass is 452 g/mol. The third-order valence-electron chi connectivity index (χ3n) is 7.77. The molecule has 0 spiro atoms. The van der Waals surface area contributed by atoms with Crippen LogP contribution in [0.1, 0.15) is 31.9 Å². The van der Waals surface area contributed by atoms with Crippen LogP contribution >= 0.6 is 0 Å². The Bertz CT molecular complexity index is 2010. The van der Waals surface area contributed by atoms with Gasteiger partial charge in [0.1, 0.15) is 5.52 Å². The molecule has 3 heterocycles. The highest BCUT2D eigenvalue weighted by atomic mass is 14.9. The maximum Gasteiger partial charge on any atom is 0.166 e. The fraction of sp³-hybridized carbons (Fsp3) is 0.152. The predicted octanol–water partition coefficient (Wildman–Crippen LogP) is 7.39. The Morgan fingerprint density at radius 1 is 0.743 bits per heavy atom. The molecular weight excluding hydrogens is 424 g/mol. The zero-order chi connectivity index (χ0) is 24.1. The molecule has 0 atom stereocenters. The van der Waals surface area contributed by atoms with Crippen LogP contribution in [0.4, 0.5) is 0 Å². The van der Waals surface area contributed by atoms with Gasteiger partial charge in [0, 0.05) is 10.8 Å². The summed E-state index contributed by atoms with van der Waals surface area (Å²) >= 11 is 0. The van der Waals surface area contributed by atoms with E-state index in [-0.39, 0.29) is 5.41 Å². The highest BCUT2D eigenvalue weighted by molar-refractivity contribution is 6.19. The summed E-state index contributed by atoms with van der Waals surface area (Å²) in [7, 11) is 0. The van der Waals surface area contributed by atoms with E-state index >= 15 is 0 Å². The van der Waals surface area contributed by atoms with Crippen LogP contribution in [0, 0.1) is 13.6 Å². The maximum atomic E-state index is 4.48. The molecule has 0 saturated heterocycles. The summed E-state index contributed by atoms with van der Waals surface area (Å²) in [6, 6.07) is 28.9. The number of rotatable bonds is 1. The minimum atomic E-state index is 0.0163. The van der Waals surface area contributed by atoms with E-state index in [2.05, 4.69) is 128 Å². The van der Waals surface area contributed by atoms with Crippen molar-refractivity contribution in [3.05, 3.63) is 103 Å².